The first-order valence-electron chi connectivity index (χ1n) is 6.78. The molecule has 0 heterocycles. The summed E-state index contributed by atoms with van der Waals surface area (Å²) in [5, 5.41) is 0. The van der Waals surface area contributed by atoms with E-state index in [0.29, 0.717) is 11.7 Å². The van der Waals surface area contributed by atoms with Crippen molar-refractivity contribution in [3.63, 3.8) is 0 Å². The number of carbonyl (C=O) groups is 1. The van der Waals surface area contributed by atoms with Gasteiger partial charge < -0.3 is 0 Å². The van der Waals surface area contributed by atoms with E-state index < -0.39 is 0 Å². The molecular weight excluding hydrogens is 184 g/mol. The largest absolute Gasteiger partial charge is 0.300 e. The van der Waals surface area contributed by atoms with Gasteiger partial charge in [-0.3, -0.25) is 4.79 Å². The van der Waals surface area contributed by atoms with Gasteiger partial charge in [-0.25, -0.2) is 0 Å². The third-order valence-corrected chi connectivity index (χ3v) is 5.45. The van der Waals surface area contributed by atoms with Gasteiger partial charge in [-0.05, 0) is 49.9 Å². The van der Waals surface area contributed by atoms with Gasteiger partial charge in [-0.2, -0.15) is 0 Å². The van der Waals surface area contributed by atoms with E-state index in [9.17, 15) is 4.79 Å². The summed E-state index contributed by atoms with van der Waals surface area (Å²) < 4.78 is 0. The Bertz CT molecular complexity index is 265. The number of fused-ring (bicyclic) bond motifs is 2. The van der Waals surface area contributed by atoms with E-state index in [1.54, 1.807) is 0 Å². The monoisotopic (exact) mass is 206 g/mol. The van der Waals surface area contributed by atoms with E-state index in [1.807, 2.05) is 6.92 Å². The molecule has 0 aliphatic heterocycles. The van der Waals surface area contributed by atoms with Crippen LogP contribution >= 0.6 is 0 Å². The van der Waals surface area contributed by atoms with Crippen LogP contribution < -0.4 is 0 Å². The second-order valence-corrected chi connectivity index (χ2v) is 6.08. The summed E-state index contributed by atoms with van der Waals surface area (Å²) in [4.78, 5) is 11.6. The topological polar surface area (TPSA) is 17.1 Å². The Kier molecular flexibility index (Phi) is 2.37. The van der Waals surface area contributed by atoms with E-state index in [1.165, 1.54) is 44.9 Å². The summed E-state index contributed by atoms with van der Waals surface area (Å²) >= 11 is 0. The summed E-state index contributed by atoms with van der Waals surface area (Å²) in [6, 6.07) is 0. The smallest absolute Gasteiger partial charge is 0.133 e. The van der Waals surface area contributed by atoms with Crippen LogP contribution in [-0.4, -0.2) is 5.78 Å². The Labute approximate surface area is 92.6 Å². The van der Waals surface area contributed by atoms with Crippen molar-refractivity contribution >= 4 is 5.78 Å². The molecule has 0 aromatic rings. The maximum atomic E-state index is 11.6. The molecule has 15 heavy (non-hydrogen) atoms. The standard InChI is InChI=1S/C14H22O/c1-9(15)13-8-11-6-7-12(13)14(11)10-4-2-3-5-10/h10-14H,2-8H2,1H3. The van der Waals surface area contributed by atoms with Gasteiger partial charge in [-0.1, -0.05) is 25.7 Å². The molecule has 4 atom stereocenters. The second-order valence-electron chi connectivity index (χ2n) is 6.08. The van der Waals surface area contributed by atoms with Crippen LogP contribution in [0.2, 0.25) is 0 Å². The number of hydrogen-bond acceptors (Lipinski definition) is 1. The summed E-state index contributed by atoms with van der Waals surface area (Å²) in [6.45, 7) is 1.82. The fourth-order valence-corrected chi connectivity index (χ4v) is 4.93. The molecule has 0 amide bonds. The van der Waals surface area contributed by atoms with Crippen LogP contribution in [0.15, 0.2) is 0 Å². The molecule has 3 rings (SSSR count). The van der Waals surface area contributed by atoms with Crippen molar-refractivity contribution in [1.82, 2.24) is 0 Å². The van der Waals surface area contributed by atoms with Gasteiger partial charge in [0.05, 0.1) is 0 Å². The fraction of sp³-hybridized carbons (Fsp3) is 0.929. The summed E-state index contributed by atoms with van der Waals surface area (Å²) in [7, 11) is 0. The average molecular weight is 206 g/mol. The van der Waals surface area contributed by atoms with Gasteiger partial charge in [0.1, 0.15) is 5.78 Å². The molecule has 1 heteroatoms. The Hall–Kier alpha value is -0.330. The van der Waals surface area contributed by atoms with E-state index >= 15 is 0 Å². The highest BCUT2D eigenvalue weighted by molar-refractivity contribution is 5.79. The molecule has 3 aliphatic carbocycles. The first kappa shape index (κ1) is 9.86. The highest BCUT2D eigenvalue weighted by Gasteiger charge is 2.52. The Morgan fingerprint density at radius 2 is 1.73 bits per heavy atom. The SMILES string of the molecule is CC(=O)C1CC2CCC1C2C1CCCC1. The molecular formula is C14H22O. The van der Waals surface area contributed by atoms with Crippen LogP contribution in [0.1, 0.15) is 51.9 Å². The number of Topliss-reactive ketones (excluding diaryl/α,β-unsaturated/α-hetero) is 1. The third kappa shape index (κ3) is 1.46. The Morgan fingerprint density at radius 1 is 1.00 bits per heavy atom. The molecule has 0 saturated heterocycles. The maximum absolute atomic E-state index is 11.6. The van der Waals surface area contributed by atoms with Gasteiger partial charge in [0.15, 0.2) is 0 Å². The normalized spacial score (nSPS) is 45.1. The van der Waals surface area contributed by atoms with Crippen molar-refractivity contribution in [2.75, 3.05) is 0 Å². The zero-order valence-corrected chi connectivity index (χ0v) is 9.74. The van der Waals surface area contributed by atoms with Crippen LogP contribution in [-0.2, 0) is 4.79 Å². The lowest BCUT2D eigenvalue weighted by Crippen LogP contribution is -2.22. The van der Waals surface area contributed by atoms with Crippen molar-refractivity contribution in [3.8, 4) is 0 Å². The summed E-state index contributed by atoms with van der Waals surface area (Å²) in [5.41, 5.74) is 0. The number of rotatable bonds is 2. The minimum absolute atomic E-state index is 0.453. The highest BCUT2D eigenvalue weighted by Crippen LogP contribution is 2.58. The number of ketones is 1. The minimum Gasteiger partial charge on any atom is -0.300 e. The highest BCUT2D eigenvalue weighted by atomic mass is 16.1. The lowest BCUT2D eigenvalue weighted by Gasteiger charge is -2.24. The van der Waals surface area contributed by atoms with Crippen LogP contribution in [0.4, 0.5) is 0 Å². The fourth-order valence-electron chi connectivity index (χ4n) is 4.93. The Balaban J connectivity index is 1.77. The molecule has 3 saturated carbocycles. The van der Waals surface area contributed by atoms with Crippen molar-refractivity contribution in [2.24, 2.45) is 29.6 Å². The molecule has 3 fully saturated rings. The van der Waals surface area contributed by atoms with Crippen LogP contribution in [0.3, 0.4) is 0 Å². The van der Waals surface area contributed by atoms with E-state index in [-0.39, 0.29) is 0 Å². The molecule has 3 aliphatic rings. The first-order valence-corrected chi connectivity index (χ1v) is 6.78. The third-order valence-electron chi connectivity index (χ3n) is 5.45. The zero-order chi connectivity index (χ0) is 10.4. The molecule has 0 spiro atoms. The second kappa shape index (κ2) is 3.61. The zero-order valence-electron chi connectivity index (χ0n) is 9.74. The van der Waals surface area contributed by atoms with Crippen LogP contribution in [0, 0.1) is 29.6 Å². The average Bonchev–Trinajstić information content (AvgIpc) is 2.90. The molecule has 2 bridgehead atoms. The molecule has 0 aromatic heterocycles. The quantitative estimate of drug-likeness (QED) is 0.676. The predicted octanol–water partition coefficient (Wildman–Crippen LogP) is 3.43. The van der Waals surface area contributed by atoms with Gasteiger partial charge in [0.2, 0.25) is 0 Å². The number of carbonyl (C=O) groups excluding carboxylic acids is 1. The van der Waals surface area contributed by atoms with Crippen molar-refractivity contribution in [3.05, 3.63) is 0 Å². The van der Waals surface area contributed by atoms with Gasteiger partial charge in [-0.15, -0.1) is 0 Å². The predicted molar refractivity (Wildman–Crippen MR) is 60.5 cm³/mol. The molecule has 0 aromatic carbocycles. The van der Waals surface area contributed by atoms with Crippen molar-refractivity contribution < 1.29 is 4.79 Å². The Morgan fingerprint density at radius 3 is 2.33 bits per heavy atom. The summed E-state index contributed by atoms with van der Waals surface area (Å²) in [5.74, 6) is 4.58. The van der Waals surface area contributed by atoms with Crippen LogP contribution in [0.5, 0.6) is 0 Å². The molecule has 1 nitrogen and oxygen atoms in total. The first-order chi connectivity index (χ1) is 7.27. The molecule has 84 valence electrons. The summed E-state index contributed by atoms with van der Waals surface area (Å²) in [6.07, 6.45) is 9.84. The van der Waals surface area contributed by atoms with Gasteiger partial charge >= 0.3 is 0 Å². The van der Waals surface area contributed by atoms with Crippen molar-refractivity contribution in [2.45, 2.75) is 51.9 Å². The molecule has 0 radical (unpaired) electrons. The van der Waals surface area contributed by atoms with Gasteiger partial charge in [0, 0.05) is 5.92 Å². The van der Waals surface area contributed by atoms with E-state index in [4.69, 9.17) is 0 Å². The minimum atomic E-state index is 0.453. The molecule has 0 N–H and O–H groups in total. The van der Waals surface area contributed by atoms with Gasteiger partial charge in [0.25, 0.3) is 0 Å². The number of hydrogen-bond donors (Lipinski definition) is 0. The van der Waals surface area contributed by atoms with Crippen LogP contribution in [0.25, 0.3) is 0 Å². The van der Waals surface area contributed by atoms with Crippen molar-refractivity contribution in [1.29, 1.82) is 0 Å². The molecule has 4 unspecified atom stereocenters. The maximum Gasteiger partial charge on any atom is 0.133 e. The van der Waals surface area contributed by atoms with E-state index in [0.717, 1.165) is 23.7 Å². The van der Waals surface area contributed by atoms with E-state index in [2.05, 4.69) is 0 Å². The lowest BCUT2D eigenvalue weighted by atomic mass is 9.80. The lowest BCUT2D eigenvalue weighted by molar-refractivity contribution is -0.122.